The Bertz CT molecular complexity index is 866. The molecule has 128 valence electrons. The molecule has 3 heterocycles. The minimum atomic E-state index is -0.146. The summed E-state index contributed by atoms with van der Waals surface area (Å²) in [5.74, 6) is 0.838. The molecule has 0 aliphatic heterocycles. The van der Waals surface area contributed by atoms with Crippen molar-refractivity contribution in [3.63, 3.8) is 0 Å². The zero-order valence-electron chi connectivity index (χ0n) is 13.9. The van der Waals surface area contributed by atoms with Crippen molar-refractivity contribution in [1.29, 1.82) is 0 Å². The highest BCUT2D eigenvalue weighted by Gasteiger charge is 2.19. The lowest BCUT2D eigenvalue weighted by atomic mass is 9.93. The Balaban J connectivity index is 1.54. The second-order valence-corrected chi connectivity index (χ2v) is 6.44. The van der Waals surface area contributed by atoms with Crippen LogP contribution in [0.25, 0.3) is 17.8 Å². The average Bonchev–Trinajstić information content (AvgIpc) is 3.05. The van der Waals surface area contributed by atoms with Gasteiger partial charge in [-0.1, -0.05) is 6.08 Å². The fraction of sp³-hybridized carbons (Fsp3) is 0.316. The van der Waals surface area contributed by atoms with Gasteiger partial charge in [0.15, 0.2) is 5.65 Å². The van der Waals surface area contributed by atoms with Gasteiger partial charge in [0, 0.05) is 18.4 Å². The van der Waals surface area contributed by atoms with Crippen molar-refractivity contribution < 1.29 is 5.11 Å². The highest BCUT2D eigenvalue weighted by atomic mass is 16.3. The molecule has 1 fully saturated rings. The lowest BCUT2D eigenvalue weighted by Gasteiger charge is -2.26. The molecule has 2 N–H and O–H groups in total. The molecule has 0 bridgehead atoms. The van der Waals surface area contributed by atoms with Crippen molar-refractivity contribution in [2.75, 3.05) is 5.32 Å². The maximum absolute atomic E-state index is 9.63. The number of pyridine rings is 1. The third-order valence-electron chi connectivity index (χ3n) is 4.59. The minimum absolute atomic E-state index is 0.146. The number of rotatable bonds is 4. The Kier molecular flexibility index (Phi) is 4.43. The molecule has 1 aliphatic rings. The summed E-state index contributed by atoms with van der Waals surface area (Å²) in [7, 11) is 0. The van der Waals surface area contributed by atoms with Crippen LogP contribution < -0.4 is 5.32 Å². The van der Waals surface area contributed by atoms with Crippen LogP contribution in [0.3, 0.4) is 0 Å². The maximum Gasteiger partial charge on any atom is 0.154 e. The first kappa shape index (κ1) is 15.8. The SMILES string of the molecule is OC1CCC(Nc2ccc3ncc(C=Cc4ccncc4)n3n2)CC1. The number of nitrogens with one attached hydrogen (secondary N) is 1. The fourth-order valence-electron chi connectivity index (χ4n) is 3.17. The van der Waals surface area contributed by atoms with Crippen LogP contribution in [0.1, 0.15) is 36.9 Å². The van der Waals surface area contributed by atoms with Crippen LogP contribution >= 0.6 is 0 Å². The third-order valence-corrected chi connectivity index (χ3v) is 4.59. The van der Waals surface area contributed by atoms with Gasteiger partial charge in [-0.15, -0.1) is 5.10 Å². The monoisotopic (exact) mass is 335 g/mol. The zero-order chi connectivity index (χ0) is 17.1. The van der Waals surface area contributed by atoms with E-state index in [1.807, 2.05) is 47.1 Å². The van der Waals surface area contributed by atoms with Gasteiger partial charge in [-0.2, -0.15) is 0 Å². The third kappa shape index (κ3) is 3.69. The van der Waals surface area contributed by atoms with Gasteiger partial charge in [0.05, 0.1) is 18.0 Å². The van der Waals surface area contributed by atoms with Gasteiger partial charge >= 0.3 is 0 Å². The molecular formula is C19H21N5O. The summed E-state index contributed by atoms with van der Waals surface area (Å²) in [5, 5.41) is 17.8. The molecule has 0 radical (unpaired) electrons. The van der Waals surface area contributed by atoms with E-state index < -0.39 is 0 Å². The lowest BCUT2D eigenvalue weighted by molar-refractivity contribution is 0.126. The van der Waals surface area contributed by atoms with E-state index in [1.54, 1.807) is 12.4 Å². The minimum Gasteiger partial charge on any atom is -0.393 e. The summed E-state index contributed by atoms with van der Waals surface area (Å²) >= 11 is 0. The molecule has 0 saturated heterocycles. The van der Waals surface area contributed by atoms with E-state index >= 15 is 0 Å². The molecule has 3 aromatic heterocycles. The topological polar surface area (TPSA) is 75.3 Å². The van der Waals surface area contributed by atoms with Gasteiger partial charge in [-0.05, 0) is 61.6 Å². The van der Waals surface area contributed by atoms with Crippen molar-refractivity contribution in [2.24, 2.45) is 0 Å². The van der Waals surface area contributed by atoms with Gasteiger partial charge in [-0.25, -0.2) is 9.50 Å². The van der Waals surface area contributed by atoms with Gasteiger partial charge in [0.25, 0.3) is 0 Å². The van der Waals surface area contributed by atoms with Gasteiger partial charge < -0.3 is 10.4 Å². The summed E-state index contributed by atoms with van der Waals surface area (Å²) in [6, 6.07) is 8.21. The van der Waals surface area contributed by atoms with E-state index in [-0.39, 0.29) is 6.10 Å². The number of aromatic nitrogens is 4. The predicted octanol–water partition coefficient (Wildman–Crippen LogP) is 3.01. The number of nitrogens with zero attached hydrogens (tertiary/aromatic N) is 4. The van der Waals surface area contributed by atoms with E-state index in [0.717, 1.165) is 48.4 Å². The Morgan fingerprint density at radius 2 is 1.84 bits per heavy atom. The van der Waals surface area contributed by atoms with Crippen molar-refractivity contribution in [3.8, 4) is 0 Å². The second kappa shape index (κ2) is 7.03. The number of fused-ring (bicyclic) bond motifs is 1. The van der Waals surface area contributed by atoms with E-state index in [2.05, 4.69) is 20.4 Å². The molecule has 0 unspecified atom stereocenters. The molecular weight excluding hydrogens is 314 g/mol. The van der Waals surface area contributed by atoms with Crippen molar-refractivity contribution in [2.45, 2.75) is 37.8 Å². The number of aliphatic hydroxyl groups is 1. The molecule has 25 heavy (non-hydrogen) atoms. The normalized spacial score (nSPS) is 21.0. The summed E-state index contributed by atoms with van der Waals surface area (Å²) < 4.78 is 1.84. The summed E-state index contributed by atoms with van der Waals surface area (Å²) in [6.45, 7) is 0. The van der Waals surface area contributed by atoms with Crippen LogP contribution in [-0.4, -0.2) is 36.8 Å². The highest BCUT2D eigenvalue weighted by Crippen LogP contribution is 2.21. The Morgan fingerprint density at radius 3 is 2.64 bits per heavy atom. The first-order valence-electron chi connectivity index (χ1n) is 8.65. The van der Waals surface area contributed by atoms with Crippen LogP contribution in [0.2, 0.25) is 0 Å². The quantitative estimate of drug-likeness (QED) is 0.766. The second-order valence-electron chi connectivity index (χ2n) is 6.44. The molecule has 1 aliphatic carbocycles. The average molecular weight is 335 g/mol. The molecule has 0 amide bonds. The summed E-state index contributed by atoms with van der Waals surface area (Å²) in [5.41, 5.74) is 2.83. The smallest absolute Gasteiger partial charge is 0.154 e. The van der Waals surface area contributed by atoms with Crippen molar-refractivity contribution >= 4 is 23.6 Å². The van der Waals surface area contributed by atoms with E-state index in [1.165, 1.54) is 0 Å². The Hall–Kier alpha value is -2.73. The summed E-state index contributed by atoms with van der Waals surface area (Å²) in [4.78, 5) is 8.43. The van der Waals surface area contributed by atoms with E-state index in [9.17, 15) is 5.11 Å². The molecule has 0 atom stereocenters. The van der Waals surface area contributed by atoms with Crippen LogP contribution in [0, 0.1) is 0 Å². The van der Waals surface area contributed by atoms with Crippen LogP contribution in [-0.2, 0) is 0 Å². The summed E-state index contributed by atoms with van der Waals surface area (Å²) in [6.07, 6.45) is 12.9. The molecule has 6 heteroatoms. The fourth-order valence-corrected chi connectivity index (χ4v) is 3.17. The molecule has 1 saturated carbocycles. The molecule has 6 nitrogen and oxygen atoms in total. The first-order valence-corrected chi connectivity index (χ1v) is 8.65. The number of anilines is 1. The standard InChI is InChI=1S/C19H21N5O/c25-17-5-2-15(3-6-17)22-18-7-8-19-21-13-16(24(19)23-18)4-1-14-9-11-20-12-10-14/h1,4,7-13,15,17,25H,2-3,5-6H2,(H,22,23). The largest absolute Gasteiger partial charge is 0.393 e. The molecule has 0 aromatic carbocycles. The number of aliphatic hydroxyl groups excluding tert-OH is 1. The Labute approximate surface area is 146 Å². The van der Waals surface area contributed by atoms with Crippen molar-refractivity contribution in [1.82, 2.24) is 19.6 Å². The molecule has 3 aromatic rings. The lowest BCUT2D eigenvalue weighted by Crippen LogP contribution is -2.28. The highest BCUT2D eigenvalue weighted by molar-refractivity contribution is 5.69. The maximum atomic E-state index is 9.63. The predicted molar refractivity (Wildman–Crippen MR) is 98.0 cm³/mol. The molecule has 0 spiro atoms. The van der Waals surface area contributed by atoms with Gasteiger partial charge in [0.2, 0.25) is 0 Å². The number of imidazole rings is 1. The number of hydrogen-bond acceptors (Lipinski definition) is 5. The van der Waals surface area contributed by atoms with Crippen LogP contribution in [0.5, 0.6) is 0 Å². The van der Waals surface area contributed by atoms with Crippen LogP contribution in [0.15, 0.2) is 42.9 Å². The van der Waals surface area contributed by atoms with E-state index in [0.29, 0.717) is 6.04 Å². The Morgan fingerprint density at radius 1 is 1.04 bits per heavy atom. The van der Waals surface area contributed by atoms with Gasteiger partial charge in [0.1, 0.15) is 5.82 Å². The van der Waals surface area contributed by atoms with Crippen LogP contribution in [0.4, 0.5) is 5.82 Å². The van der Waals surface area contributed by atoms with Crippen molar-refractivity contribution in [3.05, 3.63) is 54.1 Å². The van der Waals surface area contributed by atoms with E-state index in [4.69, 9.17) is 0 Å². The number of hydrogen-bond donors (Lipinski definition) is 2. The molecule has 4 rings (SSSR count). The zero-order valence-corrected chi connectivity index (χ0v) is 13.9. The van der Waals surface area contributed by atoms with Gasteiger partial charge in [-0.3, -0.25) is 4.98 Å². The first-order chi connectivity index (χ1) is 12.3.